The van der Waals surface area contributed by atoms with Gasteiger partial charge in [-0.05, 0) is 40.7 Å². The molecule has 0 heterocycles. The number of hydrogen-bond acceptors (Lipinski definition) is 3. The second-order valence-electron chi connectivity index (χ2n) is 5.95. The van der Waals surface area contributed by atoms with Crippen LogP contribution in [-0.4, -0.2) is 27.5 Å². The summed E-state index contributed by atoms with van der Waals surface area (Å²) in [6.07, 6.45) is 0. The van der Waals surface area contributed by atoms with Crippen molar-refractivity contribution in [3.05, 3.63) is 29.8 Å². The van der Waals surface area contributed by atoms with Crippen LogP contribution in [0.15, 0.2) is 24.3 Å². The highest BCUT2D eigenvalue weighted by atomic mass is 32.2. The Hall–Kier alpha value is -1.36. The second-order valence-corrected chi connectivity index (χ2v) is 7.70. The standard InChI is InChI=1S/C16H25NO3S/c1-6-20-14-10-8-7-9-13(14)11-21(19)12(2)15(18)17-16(3,4)5/h7-10,12H,6,11H2,1-5H3,(H,17,18)/t12-,21-/m0/s1. The molecule has 2 atom stereocenters. The van der Waals surface area contributed by atoms with Crippen molar-refractivity contribution in [1.29, 1.82) is 0 Å². The minimum Gasteiger partial charge on any atom is -0.494 e. The summed E-state index contributed by atoms with van der Waals surface area (Å²) < 4.78 is 17.9. The van der Waals surface area contributed by atoms with Gasteiger partial charge in [-0.15, -0.1) is 0 Å². The monoisotopic (exact) mass is 311 g/mol. The van der Waals surface area contributed by atoms with Gasteiger partial charge in [0.05, 0.1) is 12.4 Å². The summed E-state index contributed by atoms with van der Waals surface area (Å²) in [6.45, 7) is 9.89. The molecule has 118 valence electrons. The van der Waals surface area contributed by atoms with Gasteiger partial charge in [0.2, 0.25) is 5.91 Å². The van der Waals surface area contributed by atoms with Crippen LogP contribution >= 0.6 is 0 Å². The molecule has 0 aromatic heterocycles. The van der Waals surface area contributed by atoms with Crippen molar-refractivity contribution in [2.24, 2.45) is 0 Å². The molecule has 0 bridgehead atoms. The van der Waals surface area contributed by atoms with Crippen molar-refractivity contribution in [1.82, 2.24) is 5.32 Å². The molecule has 1 N–H and O–H groups in total. The highest BCUT2D eigenvalue weighted by Crippen LogP contribution is 2.20. The van der Waals surface area contributed by atoms with E-state index in [0.717, 1.165) is 11.3 Å². The normalized spacial score (nSPS) is 14.3. The number of ether oxygens (including phenoxy) is 1. The zero-order valence-electron chi connectivity index (χ0n) is 13.4. The van der Waals surface area contributed by atoms with Gasteiger partial charge < -0.3 is 10.1 Å². The number of amides is 1. The zero-order chi connectivity index (χ0) is 16.0. The van der Waals surface area contributed by atoms with E-state index in [4.69, 9.17) is 4.74 Å². The van der Waals surface area contributed by atoms with Crippen molar-refractivity contribution in [2.45, 2.75) is 51.2 Å². The lowest BCUT2D eigenvalue weighted by Gasteiger charge is -2.23. The summed E-state index contributed by atoms with van der Waals surface area (Å²) in [7, 11) is -1.29. The Labute approximate surface area is 129 Å². The molecule has 0 fully saturated rings. The van der Waals surface area contributed by atoms with E-state index in [9.17, 15) is 9.00 Å². The molecule has 1 aromatic carbocycles. The van der Waals surface area contributed by atoms with E-state index in [1.807, 2.05) is 52.0 Å². The van der Waals surface area contributed by atoms with Crippen molar-refractivity contribution < 1.29 is 13.7 Å². The quantitative estimate of drug-likeness (QED) is 0.878. The zero-order valence-corrected chi connectivity index (χ0v) is 14.3. The molecule has 0 saturated carbocycles. The molecular weight excluding hydrogens is 286 g/mol. The molecule has 0 radical (unpaired) electrons. The fraction of sp³-hybridized carbons (Fsp3) is 0.562. The largest absolute Gasteiger partial charge is 0.494 e. The molecule has 0 aliphatic rings. The highest BCUT2D eigenvalue weighted by Gasteiger charge is 2.24. The van der Waals surface area contributed by atoms with E-state index in [2.05, 4.69) is 5.32 Å². The number of benzene rings is 1. The summed E-state index contributed by atoms with van der Waals surface area (Å²) in [5, 5.41) is 2.31. The molecule has 1 rings (SSSR count). The first-order valence-electron chi connectivity index (χ1n) is 7.14. The predicted molar refractivity (Wildman–Crippen MR) is 86.8 cm³/mol. The van der Waals surface area contributed by atoms with Crippen LogP contribution in [0.25, 0.3) is 0 Å². The molecular formula is C16H25NO3S. The van der Waals surface area contributed by atoms with Crippen LogP contribution in [0, 0.1) is 0 Å². The van der Waals surface area contributed by atoms with Gasteiger partial charge in [0.25, 0.3) is 0 Å². The van der Waals surface area contributed by atoms with Crippen LogP contribution in [0.4, 0.5) is 0 Å². The first-order chi connectivity index (χ1) is 9.74. The van der Waals surface area contributed by atoms with Gasteiger partial charge in [-0.2, -0.15) is 0 Å². The first-order valence-corrected chi connectivity index (χ1v) is 8.52. The van der Waals surface area contributed by atoms with E-state index in [1.165, 1.54) is 0 Å². The van der Waals surface area contributed by atoms with E-state index < -0.39 is 16.0 Å². The number of hydrogen-bond donors (Lipinski definition) is 1. The Bertz CT molecular complexity index is 508. The maximum absolute atomic E-state index is 12.4. The second kappa shape index (κ2) is 7.59. The molecule has 0 aliphatic heterocycles. The minimum atomic E-state index is -1.29. The Kier molecular flexibility index (Phi) is 6.40. The molecule has 4 nitrogen and oxygen atoms in total. The molecule has 0 spiro atoms. The number of nitrogens with one attached hydrogen (secondary N) is 1. The average Bonchev–Trinajstić information content (AvgIpc) is 2.38. The number of rotatable bonds is 6. The van der Waals surface area contributed by atoms with Crippen LogP contribution < -0.4 is 10.1 Å². The molecule has 0 saturated heterocycles. The van der Waals surface area contributed by atoms with Gasteiger partial charge in [-0.1, -0.05) is 18.2 Å². The van der Waals surface area contributed by atoms with Gasteiger partial charge in [-0.25, -0.2) is 0 Å². The topological polar surface area (TPSA) is 55.4 Å². The summed E-state index contributed by atoms with van der Waals surface area (Å²) >= 11 is 0. The third-order valence-corrected chi connectivity index (χ3v) is 4.43. The summed E-state index contributed by atoms with van der Waals surface area (Å²) in [5.74, 6) is 0.862. The Morgan fingerprint density at radius 1 is 1.33 bits per heavy atom. The lowest BCUT2D eigenvalue weighted by Crippen LogP contribution is -2.46. The van der Waals surface area contributed by atoms with Crippen LogP contribution in [-0.2, 0) is 21.3 Å². The van der Waals surface area contributed by atoms with E-state index in [0.29, 0.717) is 12.4 Å². The third-order valence-electron chi connectivity index (χ3n) is 2.83. The van der Waals surface area contributed by atoms with Crippen LogP contribution in [0.3, 0.4) is 0 Å². The maximum Gasteiger partial charge on any atom is 0.235 e. The highest BCUT2D eigenvalue weighted by molar-refractivity contribution is 7.85. The summed E-state index contributed by atoms with van der Waals surface area (Å²) in [5.41, 5.74) is 0.548. The van der Waals surface area contributed by atoms with Gasteiger partial charge in [0.1, 0.15) is 11.0 Å². The molecule has 1 amide bonds. The summed E-state index contributed by atoms with van der Waals surface area (Å²) in [6, 6.07) is 7.51. The SMILES string of the molecule is CCOc1ccccc1C[S@](=O)[C@@H](C)C(=O)NC(C)(C)C. The average molecular weight is 311 g/mol. The van der Waals surface area contributed by atoms with Crippen molar-refractivity contribution in [2.75, 3.05) is 6.61 Å². The predicted octanol–water partition coefficient (Wildman–Crippen LogP) is 2.64. The Morgan fingerprint density at radius 2 is 1.95 bits per heavy atom. The smallest absolute Gasteiger partial charge is 0.235 e. The van der Waals surface area contributed by atoms with Gasteiger partial charge in [-0.3, -0.25) is 9.00 Å². The van der Waals surface area contributed by atoms with E-state index >= 15 is 0 Å². The van der Waals surface area contributed by atoms with Crippen molar-refractivity contribution in [3.8, 4) is 5.75 Å². The summed E-state index contributed by atoms with van der Waals surface area (Å²) in [4.78, 5) is 12.1. The van der Waals surface area contributed by atoms with Gasteiger partial charge >= 0.3 is 0 Å². The minimum absolute atomic E-state index is 0.185. The van der Waals surface area contributed by atoms with Crippen LogP contribution in [0.1, 0.15) is 40.2 Å². The number of carbonyl (C=O) groups excluding carboxylic acids is 1. The molecule has 5 heteroatoms. The fourth-order valence-corrected chi connectivity index (χ4v) is 2.88. The van der Waals surface area contributed by atoms with Gasteiger partial charge in [0.15, 0.2) is 0 Å². The lowest BCUT2D eigenvalue weighted by atomic mass is 10.1. The number of para-hydroxylation sites is 1. The maximum atomic E-state index is 12.4. The number of carbonyl (C=O) groups is 1. The molecule has 0 aliphatic carbocycles. The van der Waals surface area contributed by atoms with E-state index in [1.54, 1.807) is 6.92 Å². The first kappa shape index (κ1) is 17.7. The van der Waals surface area contributed by atoms with Crippen molar-refractivity contribution in [3.63, 3.8) is 0 Å². The van der Waals surface area contributed by atoms with E-state index in [-0.39, 0.29) is 11.4 Å². The van der Waals surface area contributed by atoms with Crippen LogP contribution in [0.2, 0.25) is 0 Å². The Balaban J connectivity index is 2.75. The van der Waals surface area contributed by atoms with Crippen molar-refractivity contribution >= 4 is 16.7 Å². The molecule has 1 aromatic rings. The van der Waals surface area contributed by atoms with Gasteiger partial charge in [0, 0.05) is 21.9 Å². The molecule has 21 heavy (non-hydrogen) atoms. The van der Waals surface area contributed by atoms with Crippen LogP contribution in [0.5, 0.6) is 5.75 Å². The third kappa shape index (κ3) is 5.87. The lowest BCUT2D eigenvalue weighted by molar-refractivity contribution is -0.121. The Morgan fingerprint density at radius 3 is 2.52 bits per heavy atom. The molecule has 0 unspecified atom stereocenters. The fourth-order valence-electron chi connectivity index (χ4n) is 1.79.